The second-order valence-corrected chi connectivity index (χ2v) is 5.92. The lowest BCUT2D eigenvalue weighted by Gasteiger charge is -2.36. The van der Waals surface area contributed by atoms with E-state index in [1.54, 1.807) is 0 Å². The summed E-state index contributed by atoms with van der Waals surface area (Å²) in [6.45, 7) is 4.00. The van der Waals surface area contributed by atoms with E-state index in [4.69, 9.17) is 11.5 Å². The van der Waals surface area contributed by atoms with Crippen LogP contribution in [0.1, 0.15) is 78.1 Å². The molecule has 2 aliphatic rings. The molecule has 0 aliphatic heterocycles. The maximum Gasteiger partial charge on any atom is 0.0636 e. The minimum atomic E-state index is -0.344. The van der Waals surface area contributed by atoms with E-state index in [1.807, 2.05) is 13.8 Å². The largest absolute Gasteiger partial charge is 0.313 e. The van der Waals surface area contributed by atoms with Gasteiger partial charge in [-0.3, -0.25) is 0 Å². The SMILES string of the molecule is CC.NC1(N)CCC(CC2CCCCC2)CC1. The fraction of sp³-hybridized carbons (Fsp3) is 1.00. The van der Waals surface area contributed by atoms with Crippen molar-refractivity contribution < 1.29 is 0 Å². The molecule has 0 atom stereocenters. The number of nitrogens with two attached hydrogens (primary N) is 2. The molecule has 102 valence electrons. The quantitative estimate of drug-likeness (QED) is 0.722. The summed E-state index contributed by atoms with van der Waals surface area (Å²) in [7, 11) is 0. The summed E-state index contributed by atoms with van der Waals surface area (Å²) < 4.78 is 0. The van der Waals surface area contributed by atoms with Gasteiger partial charge in [0.05, 0.1) is 5.66 Å². The molecule has 2 heteroatoms. The lowest BCUT2D eigenvalue weighted by molar-refractivity contribution is 0.193. The first-order chi connectivity index (χ1) is 8.16. The van der Waals surface area contributed by atoms with Gasteiger partial charge in [0, 0.05) is 0 Å². The topological polar surface area (TPSA) is 52.0 Å². The molecule has 0 aromatic heterocycles. The zero-order valence-electron chi connectivity index (χ0n) is 11.9. The maximum atomic E-state index is 5.95. The van der Waals surface area contributed by atoms with Crippen molar-refractivity contribution in [2.45, 2.75) is 83.7 Å². The third kappa shape index (κ3) is 5.39. The van der Waals surface area contributed by atoms with Gasteiger partial charge in [0.15, 0.2) is 0 Å². The average Bonchev–Trinajstić information content (AvgIpc) is 2.36. The van der Waals surface area contributed by atoms with Gasteiger partial charge in [-0.15, -0.1) is 0 Å². The van der Waals surface area contributed by atoms with Gasteiger partial charge in [-0.2, -0.15) is 0 Å². The van der Waals surface area contributed by atoms with Crippen LogP contribution in [0, 0.1) is 11.8 Å². The van der Waals surface area contributed by atoms with Crippen LogP contribution >= 0.6 is 0 Å². The highest BCUT2D eigenvalue weighted by Crippen LogP contribution is 2.36. The first-order valence-corrected chi connectivity index (χ1v) is 7.73. The molecule has 2 nitrogen and oxygen atoms in total. The second kappa shape index (κ2) is 7.38. The van der Waals surface area contributed by atoms with E-state index >= 15 is 0 Å². The van der Waals surface area contributed by atoms with Gasteiger partial charge in [0.25, 0.3) is 0 Å². The van der Waals surface area contributed by atoms with Crippen molar-refractivity contribution in [2.75, 3.05) is 0 Å². The van der Waals surface area contributed by atoms with Gasteiger partial charge in [-0.1, -0.05) is 46.0 Å². The lowest BCUT2D eigenvalue weighted by Crippen LogP contribution is -2.51. The van der Waals surface area contributed by atoms with E-state index in [0.29, 0.717) is 0 Å². The van der Waals surface area contributed by atoms with E-state index in [0.717, 1.165) is 24.7 Å². The van der Waals surface area contributed by atoms with Crippen molar-refractivity contribution >= 4 is 0 Å². The zero-order valence-corrected chi connectivity index (χ0v) is 11.9. The summed E-state index contributed by atoms with van der Waals surface area (Å²) in [6, 6.07) is 0. The molecule has 2 saturated carbocycles. The van der Waals surface area contributed by atoms with Crippen molar-refractivity contribution in [3.05, 3.63) is 0 Å². The lowest BCUT2D eigenvalue weighted by atomic mass is 9.75. The number of rotatable bonds is 2. The highest BCUT2D eigenvalue weighted by atomic mass is 15.0. The van der Waals surface area contributed by atoms with Gasteiger partial charge in [-0.05, 0) is 43.9 Å². The molecular weight excluding hydrogens is 208 g/mol. The fourth-order valence-corrected chi connectivity index (χ4v) is 3.34. The summed E-state index contributed by atoms with van der Waals surface area (Å²) in [5.41, 5.74) is 11.6. The van der Waals surface area contributed by atoms with Gasteiger partial charge in [-0.25, -0.2) is 0 Å². The number of hydrogen-bond donors (Lipinski definition) is 2. The highest BCUT2D eigenvalue weighted by molar-refractivity contribution is 4.85. The van der Waals surface area contributed by atoms with Gasteiger partial charge in [0.1, 0.15) is 0 Å². The molecule has 0 amide bonds. The van der Waals surface area contributed by atoms with Crippen molar-refractivity contribution in [3.8, 4) is 0 Å². The predicted octanol–water partition coefficient (Wildman–Crippen LogP) is 3.79. The molecule has 0 bridgehead atoms. The molecule has 2 fully saturated rings. The molecule has 0 aromatic rings. The molecule has 17 heavy (non-hydrogen) atoms. The van der Waals surface area contributed by atoms with E-state index < -0.39 is 0 Å². The third-order valence-electron chi connectivity index (χ3n) is 4.43. The molecule has 2 aliphatic carbocycles. The Hall–Kier alpha value is -0.0800. The molecule has 0 aromatic carbocycles. The molecule has 0 spiro atoms. The summed E-state index contributed by atoms with van der Waals surface area (Å²) in [5, 5.41) is 0. The minimum Gasteiger partial charge on any atom is -0.313 e. The van der Waals surface area contributed by atoms with Crippen LogP contribution in [0.5, 0.6) is 0 Å². The molecule has 0 radical (unpaired) electrons. The second-order valence-electron chi connectivity index (χ2n) is 5.92. The third-order valence-corrected chi connectivity index (χ3v) is 4.43. The fourth-order valence-electron chi connectivity index (χ4n) is 3.34. The van der Waals surface area contributed by atoms with Crippen LogP contribution < -0.4 is 11.5 Å². The Morgan fingerprint density at radius 1 is 0.824 bits per heavy atom. The van der Waals surface area contributed by atoms with E-state index in [9.17, 15) is 0 Å². The van der Waals surface area contributed by atoms with Crippen LogP contribution in [-0.2, 0) is 0 Å². The molecular formula is C15H32N2. The van der Waals surface area contributed by atoms with Crippen molar-refractivity contribution in [2.24, 2.45) is 23.3 Å². The standard InChI is InChI=1S/C13H26N2.C2H6/c14-13(15)8-6-12(7-9-13)10-11-4-2-1-3-5-11;1-2/h11-12H,1-10,14-15H2;1-2H3. The summed E-state index contributed by atoms with van der Waals surface area (Å²) in [5.74, 6) is 1.94. The van der Waals surface area contributed by atoms with Crippen molar-refractivity contribution in [1.29, 1.82) is 0 Å². The first kappa shape index (κ1) is 15.0. The van der Waals surface area contributed by atoms with Crippen molar-refractivity contribution in [3.63, 3.8) is 0 Å². The Balaban J connectivity index is 0.000000686. The molecule has 0 unspecified atom stereocenters. The average molecular weight is 240 g/mol. The van der Waals surface area contributed by atoms with Gasteiger partial charge >= 0.3 is 0 Å². The van der Waals surface area contributed by atoms with Gasteiger partial charge < -0.3 is 11.5 Å². The van der Waals surface area contributed by atoms with E-state index in [2.05, 4.69) is 0 Å². The molecule has 0 saturated heterocycles. The van der Waals surface area contributed by atoms with Gasteiger partial charge in [0.2, 0.25) is 0 Å². The molecule has 0 heterocycles. The predicted molar refractivity (Wildman–Crippen MR) is 75.6 cm³/mol. The normalized spacial score (nSPS) is 26.1. The number of hydrogen-bond acceptors (Lipinski definition) is 2. The highest BCUT2D eigenvalue weighted by Gasteiger charge is 2.29. The van der Waals surface area contributed by atoms with Crippen molar-refractivity contribution in [1.82, 2.24) is 0 Å². The van der Waals surface area contributed by atoms with E-state index in [1.165, 1.54) is 51.4 Å². The van der Waals surface area contributed by atoms with Crippen LogP contribution in [0.3, 0.4) is 0 Å². The smallest absolute Gasteiger partial charge is 0.0636 e. The van der Waals surface area contributed by atoms with Crippen LogP contribution in [0.15, 0.2) is 0 Å². The Kier molecular flexibility index (Phi) is 6.50. The minimum absolute atomic E-state index is 0.344. The summed E-state index contributed by atoms with van der Waals surface area (Å²) >= 11 is 0. The Bertz CT molecular complexity index is 185. The molecule has 4 N–H and O–H groups in total. The summed E-state index contributed by atoms with van der Waals surface area (Å²) in [4.78, 5) is 0. The molecule has 2 rings (SSSR count). The van der Waals surface area contributed by atoms with Crippen LogP contribution in [0.4, 0.5) is 0 Å². The monoisotopic (exact) mass is 240 g/mol. The Labute approximate surface area is 108 Å². The summed E-state index contributed by atoms with van der Waals surface area (Å²) in [6.07, 6.45) is 13.4. The van der Waals surface area contributed by atoms with Crippen LogP contribution in [0.2, 0.25) is 0 Å². The Morgan fingerprint density at radius 3 is 1.82 bits per heavy atom. The van der Waals surface area contributed by atoms with E-state index in [-0.39, 0.29) is 5.66 Å². The first-order valence-electron chi connectivity index (χ1n) is 7.73. The Morgan fingerprint density at radius 2 is 1.29 bits per heavy atom. The maximum absolute atomic E-state index is 5.95. The zero-order chi connectivity index (χ0) is 12.7. The van der Waals surface area contributed by atoms with Crippen LogP contribution in [-0.4, -0.2) is 5.66 Å². The van der Waals surface area contributed by atoms with Crippen LogP contribution in [0.25, 0.3) is 0 Å².